The number of hydrogen-bond donors (Lipinski definition) is 1. The number of nitrogens with zero attached hydrogens (tertiary/aromatic N) is 1. The molecule has 0 aliphatic heterocycles. The monoisotopic (exact) mass is 458 g/mol. The first-order valence-electron chi connectivity index (χ1n) is 7.27. The van der Waals surface area contributed by atoms with Gasteiger partial charge in [-0.25, -0.2) is 8.42 Å². The number of amides is 1. The van der Waals surface area contributed by atoms with E-state index in [0.29, 0.717) is 11.4 Å². The topological polar surface area (TPSA) is 66.5 Å². The number of hydrogen-bond acceptors (Lipinski definition) is 3. The van der Waals surface area contributed by atoms with Crippen LogP contribution in [0.2, 0.25) is 0 Å². The van der Waals surface area contributed by atoms with E-state index in [2.05, 4.69) is 27.9 Å². The van der Waals surface area contributed by atoms with E-state index in [1.807, 2.05) is 32.0 Å². The van der Waals surface area contributed by atoms with Crippen molar-refractivity contribution in [3.05, 3.63) is 57.2 Å². The Kier molecular flexibility index (Phi) is 5.87. The summed E-state index contributed by atoms with van der Waals surface area (Å²) < 4.78 is 26.2. The van der Waals surface area contributed by atoms with Crippen molar-refractivity contribution in [2.75, 3.05) is 22.4 Å². The summed E-state index contributed by atoms with van der Waals surface area (Å²) in [5, 5.41) is 2.77. The zero-order valence-electron chi connectivity index (χ0n) is 13.7. The Morgan fingerprint density at radius 1 is 1.12 bits per heavy atom. The summed E-state index contributed by atoms with van der Waals surface area (Å²) in [5.74, 6) is -0.383. The fourth-order valence-corrected chi connectivity index (χ4v) is 3.50. The molecule has 0 aromatic heterocycles. The largest absolute Gasteiger partial charge is 0.324 e. The van der Waals surface area contributed by atoms with Crippen molar-refractivity contribution in [2.45, 2.75) is 13.8 Å². The number of carbonyl (C=O) groups excluding carboxylic acids is 1. The molecule has 0 heterocycles. The minimum absolute atomic E-state index is 0.271. The maximum atomic E-state index is 12.3. The van der Waals surface area contributed by atoms with E-state index in [1.54, 1.807) is 24.3 Å². The summed E-state index contributed by atoms with van der Waals surface area (Å²) in [7, 11) is -3.56. The number of sulfonamides is 1. The van der Waals surface area contributed by atoms with Crippen LogP contribution in [-0.4, -0.2) is 27.1 Å². The van der Waals surface area contributed by atoms with Crippen LogP contribution in [0.15, 0.2) is 42.5 Å². The summed E-state index contributed by atoms with van der Waals surface area (Å²) in [6.45, 7) is 3.60. The van der Waals surface area contributed by atoms with E-state index in [-0.39, 0.29) is 12.5 Å². The predicted octanol–water partition coefficient (Wildman–Crippen LogP) is 3.31. The number of benzene rings is 2. The van der Waals surface area contributed by atoms with Gasteiger partial charge in [-0.05, 0) is 72.3 Å². The molecule has 0 aliphatic rings. The van der Waals surface area contributed by atoms with Gasteiger partial charge in [0.1, 0.15) is 6.54 Å². The van der Waals surface area contributed by atoms with Gasteiger partial charge >= 0.3 is 0 Å². The second-order valence-corrected chi connectivity index (χ2v) is 8.77. The van der Waals surface area contributed by atoms with Crippen molar-refractivity contribution in [1.29, 1.82) is 0 Å². The van der Waals surface area contributed by atoms with E-state index in [0.717, 1.165) is 25.3 Å². The third-order valence-corrected chi connectivity index (χ3v) is 5.32. The van der Waals surface area contributed by atoms with Crippen LogP contribution in [0.3, 0.4) is 0 Å². The molecule has 2 aromatic rings. The minimum Gasteiger partial charge on any atom is -0.324 e. The van der Waals surface area contributed by atoms with Gasteiger partial charge in [0.15, 0.2) is 0 Å². The lowest BCUT2D eigenvalue weighted by molar-refractivity contribution is -0.114. The van der Waals surface area contributed by atoms with Crippen LogP contribution < -0.4 is 9.62 Å². The van der Waals surface area contributed by atoms with Crippen LogP contribution >= 0.6 is 22.6 Å². The van der Waals surface area contributed by atoms with E-state index < -0.39 is 10.0 Å². The number of rotatable bonds is 5. The third-order valence-electron chi connectivity index (χ3n) is 3.46. The lowest BCUT2D eigenvalue weighted by Gasteiger charge is -2.22. The van der Waals surface area contributed by atoms with Crippen LogP contribution in [0.5, 0.6) is 0 Å². The second kappa shape index (κ2) is 7.52. The van der Waals surface area contributed by atoms with Gasteiger partial charge in [-0.2, -0.15) is 0 Å². The fourth-order valence-electron chi connectivity index (χ4n) is 2.28. The van der Waals surface area contributed by atoms with E-state index in [9.17, 15) is 13.2 Å². The van der Waals surface area contributed by atoms with Crippen molar-refractivity contribution < 1.29 is 13.2 Å². The Morgan fingerprint density at radius 2 is 1.75 bits per heavy atom. The van der Waals surface area contributed by atoms with Gasteiger partial charge in [-0.3, -0.25) is 9.10 Å². The zero-order chi connectivity index (χ0) is 17.9. The van der Waals surface area contributed by atoms with Gasteiger partial charge in [0, 0.05) is 9.26 Å². The SMILES string of the molecule is Cc1ccc(NC(=O)CN(c2ccc(I)cc2)S(C)(=O)=O)c(C)c1. The van der Waals surface area contributed by atoms with Crippen LogP contribution in [-0.2, 0) is 14.8 Å². The van der Waals surface area contributed by atoms with Crippen LogP contribution in [0.4, 0.5) is 11.4 Å². The van der Waals surface area contributed by atoms with Crippen LogP contribution in [0.1, 0.15) is 11.1 Å². The fraction of sp³-hybridized carbons (Fsp3) is 0.235. The predicted molar refractivity (Wildman–Crippen MR) is 106 cm³/mol. The lowest BCUT2D eigenvalue weighted by atomic mass is 10.1. The molecule has 1 amide bonds. The molecular formula is C17H19IN2O3S. The minimum atomic E-state index is -3.56. The second-order valence-electron chi connectivity index (χ2n) is 5.61. The molecule has 0 spiro atoms. The Bertz CT molecular complexity index is 849. The average molecular weight is 458 g/mol. The molecule has 0 unspecified atom stereocenters. The number of halogens is 1. The lowest BCUT2D eigenvalue weighted by Crippen LogP contribution is -2.37. The first-order valence-corrected chi connectivity index (χ1v) is 10.2. The van der Waals surface area contributed by atoms with Gasteiger partial charge in [0.25, 0.3) is 0 Å². The molecule has 0 aliphatic carbocycles. The summed E-state index contributed by atoms with van der Waals surface area (Å²) in [4.78, 5) is 12.3. The zero-order valence-corrected chi connectivity index (χ0v) is 16.7. The molecule has 1 N–H and O–H groups in total. The smallest absolute Gasteiger partial charge is 0.245 e. The molecule has 0 fully saturated rings. The first kappa shape index (κ1) is 18.7. The summed E-state index contributed by atoms with van der Waals surface area (Å²) in [6.07, 6.45) is 1.09. The average Bonchev–Trinajstić information content (AvgIpc) is 2.48. The number of nitrogens with one attached hydrogen (secondary N) is 1. The van der Waals surface area contributed by atoms with Gasteiger partial charge in [-0.15, -0.1) is 0 Å². The maximum absolute atomic E-state index is 12.3. The van der Waals surface area contributed by atoms with Crippen molar-refractivity contribution in [3.8, 4) is 0 Å². The molecule has 24 heavy (non-hydrogen) atoms. The quantitative estimate of drug-likeness (QED) is 0.700. The highest BCUT2D eigenvalue weighted by molar-refractivity contribution is 14.1. The highest BCUT2D eigenvalue weighted by Crippen LogP contribution is 2.20. The third kappa shape index (κ3) is 4.94. The Morgan fingerprint density at radius 3 is 2.29 bits per heavy atom. The Hall–Kier alpha value is -1.61. The molecule has 0 radical (unpaired) electrons. The Balaban J connectivity index is 2.20. The molecule has 0 bridgehead atoms. The molecule has 0 atom stereocenters. The molecular weight excluding hydrogens is 439 g/mol. The molecule has 2 aromatic carbocycles. The number of aryl methyl sites for hydroxylation is 2. The standard InChI is InChI=1S/C17H19IN2O3S/c1-12-4-9-16(13(2)10-12)19-17(21)11-20(24(3,22)23)15-7-5-14(18)6-8-15/h4-10H,11H2,1-3H3,(H,19,21). The van der Waals surface area contributed by atoms with Crippen molar-refractivity contribution in [3.63, 3.8) is 0 Å². The molecule has 128 valence electrons. The van der Waals surface area contributed by atoms with E-state index >= 15 is 0 Å². The highest BCUT2D eigenvalue weighted by atomic mass is 127. The molecule has 2 rings (SSSR count). The molecule has 5 nitrogen and oxygen atoms in total. The van der Waals surface area contributed by atoms with Gasteiger partial charge < -0.3 is 5.32 Å². The van der Waals surface area contributed by atoms with Crippen LogP contribution in [0.25, 0.3) is 0 Å². The molecule has 0 saturated carbocycles. The van der Waals surface area contributed by atoms with E-state index in [1.165, 1.54) is 0 Å². The summed E-state index contributed by atoms with van der Waals surface area (Å²) in [5.41, 5.74) is 3.18. The van der Waals surface area contributed by atoms with Crippen molar-refractivity contribution >= 4 is 49.9 Å². The van der Waals surface area contributed by atoms with Gasteiger partial charge in [-0.1, -0.05) is 17.7 Å². The number of carbonyl (C=O) groups is 1. The molecule has 7 heteroatoms. The molecule has 0 saturated heterocycles. The van der Waals surface area contributed by atoms with Gasteiger partial charge in [0.05, 0.1) is 11.9 Å². The number of anilines is 2. The maximum Gasteiger partial charge on any atom is 0.245 e. The van der Waals surface area contributed by atoms with Crippen molar-refractivity contribution in [2.24, 2.45) is 0 Å². The summed E-state index contributed by atoms with van der Waals surface area (Å²) in [6, 6.07) is 12.7. The van der Waals surface area contributed by atoms with E-state index in [4.69, 9.17) is 0 Å². The van der Waals surface area contributed by atoms with Crippen LogP contribution in [0, 0.1) is 17.4 Å². The highest BCUT2D eigenvalue weighted by Gasteiger charge is 2.21. The van der Waals surface area contributed by atoms with Gasteiger partial charge in [0.2, 0.25) is 15.9 Å². The first-order chi connectivity index (χ1) is 11.2. The van der Waals surface area contributed by atoms with Crippen molar-refractivity contribution in [1.82, 2.24) is 0 Å². The normalized spacial score (nSPS) is 11.2. The summed E-state index contributed by atoms with van der Waals surface area (Å²) >= 11 is 2.14. The Labute approximate surface area is 156 Å².